The third-order valence-electron chi connectivity index (χ3n) is 6.11. The first-order chi connectivity index (χ1) is 15.9. The summed E-state index contributed by atoms with van der Waals surface area (Å²) < 4.78 is 15.2. The van der Waals surface area contributed by atoms with E-state index in [1.807, 2.05) is 48.6 Å². The normalized spacial score (nSPS) is 19.5. The van der Waals surface area contributed by atoms with Gasteiger partial charge in [-0.05, 0) is 58.1 Å². The summed E-state index contributed by atoms with van der Waals surface area (Å²) in [6.07, 6.45) is 13.8. The maximum atomic E-state index is 12.3. The Bertz CT molecular complexity index is 1180. The summed E-state index contributed by atoms with van der Waals surface area (Å²) in [7, 11) is 0. The van der Waals surface area contributed by atoms with Gasteiger partial charge in [0.25, 0.3) is 0 Å². The van der Waals surface area contributed by atoms with Crippen LogP contribution in [0.15, 0.2) is 43.0 Å². The predicted octanol–water partition coefficient (Wildman–Crippen LogP) is 4.92. The molecule has 2 aliphatic heterocycles. The number of carbonyl (C=O) groups excluding carboxylic acids is 1. The highest BCUT2D eigenvalue weighted by Crippen LogP contribution is 2.29. The molecule has 1 amide bonds. The Balaban J connectivity index is 1.32. The molecule has 2 aliphatic rings. The van der Waals surface area contributed by atoms with Gasteiger partial charge in [0, 0.05) is 48.8 Å². The molecule has 3 aromatic heterocycles. The molecule has 0 aromatic carbocycles. The molecule has 174 valence electrons. The summed E-state index contributed by atoms with van der Waals surface area (Å²) >= 11 is 0. The summed E-state index contributed by atoms with van der Waals surface area (Å²) in [6, 6.07) is 4.22. The minimum Gasteiger partial charge on any atom is -0.444 e. The highest BCUT2D eigenvalue weighted by Gasteiger charge is 2.25. The Kier molecular flexibility index (Phi) is 5.70. The van der Waals surface area contributed by atoms with Gasteiger partial charge in [-0.2, -0.15) is 10.2 Å². The molecule has 5 heterocycles. The van der Waals surface area contributed by atoms with Crippen LogP contribution in [0.5, 0.6) is 0 Å². The molecular formula is C25H31N5O3. The van der Waals surface area contributed by atoms with Gasteiger partial charge in [0.2, 0.25) is 0 Å². The SMILES string of the molecule is CC(C)(C)OC(=O)N1CC=C(c2cnn3cc(-c4cnn(C5CCCCO5)c4)ccc23)CC1. The molecular weight excluding hydrogens is 418 g/mol. The van der Waals surface area contributed by atoms with Crippen molar-refractivity contribution in [2.24, 2.45) is 0 Å². The third-order valence-corrected chi connectivity index (χ3v) is 6.11. The van der Waals surface area contributed by atoms with Crippen LogP contribution in [0.3, 0.4) is 0 Å². The van der Waals surface area contributed by atoms with Gasteiger partial charge in [0.05, 0.1) is 17.9 Å². The van der Waals surface area contributed by atoms with Crippen LogP contribution in [0.4, 0.5) is 4.79 Å². The molecule has 33 heavy (non-hydrogen) atoms. The monoisotopic (exact) mass is 449 g/mol. The molecule has 0 N–H and O–H groups in total. The minimum absolute atomic E-state index is 0.0334. The number of fused-ring (bicyclic) bond motifs is 1. The van der Waals surface area contributed by atoms with E-state index in [2.05, 4.69) is 34.6 Å². The summed E-state index contributed by atoms with van der Waals surface area (Å²) in [5.41, 5.74) is 5.00. The van der Waals surface area contributed by atoms with Crippen molar-refractivity contribution in [3.63, 3.8) is 0 Å². The predicted molar refractivity (Wildman–Crippen MR) is 126 cm³/mol. The van der Waals surface area contributed by atoms with Crippen molar-refractivity contribution in [3.05, 3.63) is 48.6 Å². The fourth-order valence-electron chi connectivity index (χ4n) is 4.39. The summed E-state index contributed by atoms with van der Waals surface area (Å²) in [5.74, 6) is 0. The Hall–Kier alpha value is -3.13. The highest BCUT2D eigenvalue weighted by molar-refractivity contribution is 5.81. The first-order valence-corrected chi connectivity index (χ1v) is 11.7. The molecule has 0 spiro atoms. The summed E-state index contributed by atoms with van der Waals surface area (Å²) in [5, 5.41) is 9.13. The van der Waals surface area contributed by atoms with Gasteiger partial charge in [-0.3, -0.25) is 0 Å². The van der Waals surface area contributed by atoms with Gasteiger partial charge in [-0.25, -0.2) is 14.0 Å². The van der Waals surface area contributed by atoms with Crippen molar-refractivity contribution in [3.8, 4) is 11.1 Å². The molecule has 8 heteroatoms. The van der Waals surface area contributed by atoms with Crippen LogP contribution in [-0.2, 0) is 9.47 Å². The quantitative estimate of drug-likeness (QED) is 0.567. The lowest BCUT2D eigenvalue weighted by molar-refractivity contribution is -0.0394. The average Bonchev–Trinajstić information content (AvgIpc) is 3.46. The van der Waals surface area contributed by atoms with Crippen LogP contribution in [-0.4, -0.2) is 55.7 Å². The molecule has 0 saturated carbocycles. The Morgan fingerprint density at radius 2 is 2.00 bits per heavy atom. The first kappa shape index (κ1) is 21.7. The molecule has 0 radical (unpaired) electrons. The van der Waals surface area contributed by atoms with Crippen LogP contribution >= 0.6 is 0 Å². The Labute approximate surface area is 193 Å². The van der Waals surface area contributed by atoms with E-state index >= 15 is 0 Å². The number of ether oxygens (including phenoxy) is 2. The van der Waals surface area contributed by atoms with Crippen LogP contribution in [0.1, 0.15) is 58.2 Å². The number of rotatable bonds is 3. The molecule has 1 atom stereocenters. The van der Waals surface area contributed by atoms with Crippen molar-refractivity contribution >= 4 is 17.2 Å². The zero-order valence-corrected chi connectivity index (χ0v) is 19.5. The second-order valence-electron chi connectivity index (χ2n) is 9.74. The van der Waals surface area contributed by atoms with E-state index in [-0.39, 0.29) is 12.3 Å². The number of aromatic nitrogens is 4. The third kappa shape index (κ3) is 4.66. The van der Waals surface area contributed by atoms with Crippen molar-refractivity contribution in [2.45, 2.75) is 58.3 Å². The lowest BCUT2D eigenvalue weighted by Crippen LogP contribution is -2.39. The van der Waals surface area contributed by atoms with Crippen LogP contribution in [0.2, 0.25) is 0 Å². The second kappa shape index (κ2) is 8.67. The first-order valence-electron chi connectivity index (χ1n) is 11.7. The largest absolute Gasteiger partial charge is 0.444 e. The Morgan fingerprint density at radius 1 is 1.12 bits per heavy atom. The van der Waals surface area contributed by atoms with E-state index in [1.54, 1.807) is 4.90 Å². The zero-order valence-electron chi connectivity index (χ0n) is 19.5. The van der Waals surface area contributed by atoms with E-state index in [0.29, 0.717) is 13.1 Å². The molecule has 0 aliphatic carbocycles. The number of hydrogen-bond acceptors (Lipinski definition) is 5. The fourth-order valence-corrected chi connectivity index (χ4v) is 4.39. The molecule has 5 rings (SSSR count). The van der Waals surface area contributed by atoms with Gasteiger partial charge in [0.15, 0.2) is 0 Å². The van der Waals surface area contributed by atoms with Crippen molar-refractivity contribution < 1.29 is 14.3 Å². The fraction of sp³-hybridized carbons (Fsp3) is 0.480. The topological polar surface area (TPSA) is 73.9 Å². The summed E-state index contributed by atoms with van der Waals surface area (Å²) in [4.78, 5) is 14.1. The van der Waals surface area contributed by atoms with Crippen molar-refractivity contribution in [2.75, 3.05) is 19.7 Å². The molecule has 3 aromatic rings. The minimum atomic E-state index is -0.485. The average molecular weight is 450 g/mol. The maximum Gasteiger partial charge on any atom is 0.410 e. The highest BCUT2D eigenvalue weighted by atomic mass is 16.6. The van der Waals surface area contributed by atoms with Gasteiger partial charge in [-0.1, -0.05) is 12.1 Å². The summed E-state index contributed by atoms with van der Waals surface area (Å²) in [6.45, 7) is 7.64. The number of amides is 1. The van der Waals surface area contributed by atoms with Crippen molar-refractivity contribution in [1.82, 2.24) is 24.3 Å². The van der Waals surface area contributed by atoms with E-state index in [1.165, 1.54) is 12.0 Å². The number of pyridine rings is 1. The van der Waals surface area contributed by atoms with E-state index < -0.39 is 5.60 Å². The van der Waals surface area contributed by atoms with Crippen molar-refractivity contribution in [1.29, 1.82) is 0 Å². The van der Waals surface area contributed by atoms with E-state index in [9.17, 15) is 4.79 Å². The molecule has 1 saturated heterocycles. The molecule has 8 nitrogen and oxygen atoms in total. The molecule has 1 fully saturated rings. The molecule has 0 bridgehead atoms. The van der Waals surface area contributed by atoms with Crippen LogP contribution < -0.4 is 0 Å². The lowest BCUT2D eigenvalue weighted by atomic mass is 10.0. The van der Waals surface area contributed by atoms with Gasteiger partial charge in [0.1, 0.15) is 11.8 Å². The standard InChI is InChI=1S/C25H31N5O3/c1-25(2,3)33-24(31)28-11-9-18(10-12-28)21-15-27-29-16-19(7-8-22(21)29)20-14-26-30(17-20)23-6-4-5-13-32-23/h7-9,14-17,23H,4-6,10-13H2,1-3H3. The lowest BCUT2D eigenvalue weighted by Gasteiger charge is -2.29. The smallest absolute Gasteiger partial charge is 0.410 e. The van der Waals surface area contributed by atoms with E-state index in [0.717, 1.165) is 48.1 Å². The number of nitrogens with zero attached hydrogens (tertiary/aromatic N) is 5. The van der Waals surface area contributed by atoms with E-state index in [4.69, 9.17) is 9.47 Å². The van der Waals surface area contributed by atoms with Gasteiger partial charge in [-0.15, -0.1) is 0 Å². The van der Waals surface area contributed by atoms with Crippen LogP contribution in [0.25, 0.3) is 22.2 Å². The van der Waals surface area contributed by atoms with Gasteiger partial charge < -0.3 is 14.4 Å². The van der Waals surface area contributed by atoms with Crippen LogP contribution in [0, 0.1) is 0 Å². The number of hydrogen-bond donors (Lipinski definition) is 0. The van der Waals surface area contributed by atoms with Gasteiger partial charge >= 0.3 is 6.09 Å². The second-order valence-corrected chi connectivity index (χ2v) is 9.74. The maximum absolute atomic E-state index is 12.3. The zero-order chi connectivity index (χ0) is 23.0. The number of carbonyl (C=O) groups is 1. The molecule has 1 unspecified atom stereocenters. The Morgan fingerprint density at radius 3 is 2.73 bits per heavy atom.